The molecule has 2 aromatic heterocycles. The van der Waals surface area contributed by atoms with Crippen molar-refractivity contribution in [2.24, 2.45) is 0 Å². The normalized spacial score (nSPS) is 11.5. The van der Waals surface area contributed by atoms with Crippen molar-refractivity contribution < 1.29 is 18.0 Å². The SMILES string of the molecule is CC(=O)c1cccc(Nc2nnc(Cc3ccnc(C(F)(F)F)c3)c3ccccc23)c1. The van der Waals surface area contributed by atoms with Gasteiger partial charge in [-0.05, 0) is 36.8 Å². The highest BCUT2D eigenvalue weighted by atomic mass is 19.4. The monoisotopic (exact) mass is 422 g/mol. The molecule has 0 bridgehead atoms. The van der Waals surface area contributed by atoms with Gasteiger partial charge in [-0.1, -0.05) is 36.4 Å². The van der Waals surface area contributed by atoms with E-state index in [9.17, 15) is 18.0 Å². The van der Waals surface area contributed by atoms with Crippen molar-refractivity contribution in [3.05, 3.63) is 89.4 Å². The lowest BCUT2D eigenvalue weighted by Gasteiger charge is -2.12. The summed E-state index contributed by atoms with van der Waals surface area (Å²) in [5.74, 6) is 0.441. The van der Waals surface area contributed by atoms with E-state index in [1.807, 2.05) is 30.3 Å². The number of Topliss-reactive ketones (excluding diaryl/α,β-unsaturated/α-hetero) is 1. The third-order valence-electron chi connectivity index (χ3n) is 4.78. The number of benzene rings is 2. The molecule has 0 fully saturated rings. The van der Waals surface area contributed by atoms with E-state index in [2.05, 4.69) is 20.5 Å². The van der Waals surface area contributed by atoms with Gasteiger partial charge in [-0.3, -0.25) is 9.78 Å². The molecule has 0 aliphatic rings. The number of alkyl halides is 3. The molecule has 5 nitrogen and oxygen atoms in total. The molecule has 156 valence electrons. The molecule has 4 rings (SSSR count). The van der Waals surface area contributed by atoms with E-state index >= 15 is 0 Å². The first-order valence-electron chi connectivity index (χ1n) is 9.46. The van der Waals surface area contributed by atoms with Crippen molar-refractivity contribution >= 4 is 28.1 Å². The van der Waals surface area contributed by atoms with E-state index in [0.29, 0.717) is 28.3 Å². The predicted octanol–water partition coefficient (Wildman–Crippen LogP) is 5.58. The van der Waals surface area contributed by atoms with Crippen molar-refractivity contribution in [1.82, 2.24) is 15.2 Å². The number of nitrogens with one attached hydrogen (secondary N) is 1. The van der Waals surface area contributed by atoms with E-state index < -0.39 is 11.9 Å². The minimum absolute atomic E-state index is 0.0504. The first-order valence-corrected chi connectivity index (χ1v) is 9.46. The molecule has 0 radical (unpaired) electrons. The Hall–Kier alpha value is -3.81. The predicted molar refractivity (Wildman–Crippen MR) is 111 cm³/mol. The van der Waals surface area contributed by atoms with Crippen molar-refractivity contribution in [1.29, 1.82) is 0 Å². The molecule has 0 saturated carbocycles. The smallest absolute Gasteiger partial charge is 0.338 e. The van der Waals surface area contributed by atoms with Gasteiger partial charge in [0.05, 0.1) is 5.69 Å². The minimum Gasteiger partial charge on any atom is -0.338 e. The summed E-state index contributed by atoms with van der Waals surface area (Å²) in [7, 11) is 0. The number of fused-ring (bicyclic) bond motifs is 1. The van der Waals surface area contributed by atoms with E-state index in [-0.39, 0.29) is 12.2 Å². The highest BCUT2D eigenvalue weighted by Crippen LogP contribution is 2.30. The maximum absolute atomic E-state index is 13.0. The Balaban J connectivity index is 1.69. The van der Waals surface area contributed by atoms with Crippen molar-refractivity contribution in [2.75, 3.05) is 5.32 Å². The van der Waals surface area contributed by atoms with Crippen molar-refractivity contribution in [3.8, 4) is 0 Å². The van der Waals surface area contributed by atoms with Crippen LogP contribution in [0.25, 0.3) is 10.8 Å². The van der Waals surface area contributed by atoms with E-state index in [1.54, 1.807) is 18.2 Å². The summed E-state index contributed by atoms with van der Waals surface area (Å²) in [6, 6.07) is 17.0. The topological polar surface area (TPSA) is 67.8 Å². The third kappa shape index (κ3) is 4.53. The zero-order valence-electron chi connectivity index (χ0n) is 16.4. The Morgan fingerprint density at radius 3 is 2.48 bits per heavy atom. The standard InChI is InChI=1S/C23H17F3N4O/c1-14(31)16-5-4-6-17(13-16)28-22-19-8-3-2-7-18(19)20(29-30-22)11-15-9-10-27-21(12-15)23(24,25)26/h2-10,12-13H,11H2,1H3,(H,28,30). The molecule has 8 heteroatoms. The fourth-order valence-electron chi connectivity index (χ4n) is 3.27. The number of anilines is 2. The Kier molecular flexibility index (Phi) is 5.37. The molecule has 31 heavy (non-hydrogen) atoms. The molecule has 2 aromatic carbocycles. The van der Waals surface area contributed by atoms with Gasteiger partial charge in [0.15, 0.2) is 11.6 Å². The highest BCUT2D eigenvalue weighted by Gasteiger charge is 2.32. The van der Waals surface area contributed by atoms with Gasteiger partial charge >= 0.3 is 6.18 Å². The van der Waals surface area contributed by atoms with Gasteiger partial charge in [0.25, 0.3) is 0 Å². The van der Waals surface area contributed by atoms with Crippen LogP contribution in [0, 0.1) is 0 Å². The average Bonchev–Trinajstić information content (AvgIpc) is 2.75. The zero-order chi connectivity index (χ0) is 22.0. The van der Waals surface area contributed by atoms with Gasteiger partial charge < -0.3 is 5.32 Å². The van der Waals surface area contributed by atoms with E-state index in [1.165, 1.54) is 13.0 Å². The number of nitrogens with zero attached hydrogens (tertiary/aromatic N) is 3. The minimum atomic E-state index is -4.51. The lowest BCUT2D eigenvalue weighted by molar-refractivity contribution is -0.141. The van der Waals surface area contributed by atoms with Crippen LogP contribution in [0.15, 0.2) is 66.9 Å². The molecular formula is C23H17F3N4O. The van der Waals surface area contributed by atoms with Gasteiger partial charge in [-0.25, -0.2) is 0 Å². The fourth-order valence-corrected chi connectivity index (χ4v) is 3.27. The number of carbonyl (C=O) groups excluding carboxylic acids is 1. The number of aromatic nitrogens is 3. The first-order chi connectivity index (χ1) is 14.8. The van der Waals surface area contributed by atoms with E-state index in [0.717, 1.165) is 23.0 Å². The van der Waals surface area contributed by atoms with Crippen LogP contribution in [-0.4, -0.2) is 21.0 Å². The van der Waals surface area contributed by atoms with Crippen LogP contribution in [0.3, 0.4) is 0 Å². The summed E-state index contributed by atoms with van der Waals surface area (Å²) in [4.78, 5) is 15.0. The first kappa shape index (κ1) is 20.5. The summed E-state index contributed by atoms with van der Waals surface area (Å²) in [6.07, 6.45) is -3.18. The average molecular weight is 422 g/mol. The Morgan fingerprint density at radius 2 is 1.74 bits per heavy atom. The van der Waals surface area contributed by atoms with Crippen molar-refractivity contribution in [3.63, 3.8) is 0 Å². The van der Waals surface area contributed by atoms with Gasteiger partial charge in [0.2, 0.25) is 0 Å². The van der Waals surface area contributed by atoms with Crippen LogP contribution in [0.5, 0.6) is 0 Å². The van der Waals surface area contributed by atoms with Gasteiger partial charge in [-0.15, -0.1) is 5.10 Å². The Labute approximate surface area is 176 Å². The molecule has 0 saturated heterocycles. The number of ketones is 1. The van der Waals surface area contributed by atoms with Crippen molar-refractivity contribution in [2.45, 2.75) is 19.5 Å². The van der Waals surface area contributed by atoms with Gasteiger partial charge in [0, 0.05) is 34.6 Å². The Bertz CT molecular complexity index is 1270. The summed E-state index contributed by atoms with van der Waals surface area (Å²) < 4.78 is 38.9. The lowest BCUT2D eigenvalue weighted by atomic mass is 10.0. The molecular weight excluding hydrogens is 405 g/mol. The maximum atomic E-state index is 13.0. The molecule has 0 amide bonds. The summed E-state index contributed by atoms with van der Waals surface area (Å²) in [6.45, 7) is 1.49. The highest BCUT2D eigenvalue weighted by molar-refractivity contribution is 5.97. The number of hydrogen-bond acceptors (Lipinski definition) is 5. The molecule has 0 atom stereocenters. The van der Waals surface area contributed by atoms with Crippen LogP contribution in [0.4, 0.5) is 24.7 Å². The molecule has 4 aromatic rings. The maximum Gasteiger partial charge on any atom is 0.433 e. The lowest BCUT2D eigenvalue weighted by Crippen LogP contribution is -2.09. The summed E-state index contributed by atoms with van der Waals surface area (Å²) in [5, 5.41) is 13.2. The van der Waals surface area contributed by atoms with Crippen LogP contribution < -0.4 is 5.32 Å². The number of rotatable bonds is 5. The van der Waals surface area contributed by atoms with Crippen LogP contribution >= 0.6 is 0 Å². The van der Waals surface area contributed by atoms with Gasteiger partial charge in [-0.2, -0.15) is 18.3 Å². The Morgan fingerprint density at radius 1 is 0.968 bits per heavy atom. The second-order valence-corrected chi connectivity index (χ2v) is 7.03. The molecule has 0 unspecified atom stereocenters. The molecule has 0 aliphatic carbocycles. The zero-order valence-corrected chi connectivity index (χ0v) is 16.4. The number of pyridine rings is 1. The number of carbonyl (C=O) groups is 1. The molecule has 1 N–H and O–H groups in total. The third-order valence-corrected chi connectivity index (χ3v) is 4.78. The molecule has 0 spiro atoms. The summed E-state index contributed by atoms with van der Waals surface area (Å²) in [5.41, 5.74) is 1.31. The molecule has 0 aliphatic heterocycles. The number of hydrogen-bond donors (Lipinski definition) is 1. The van der Waals surface area contributed by atoms with Crippen LogP contribution in [-0.2, 0) is 12.6 Å². The van der Waals surface area contributed by atoms with E-state index in [4.69, 9.17) is 0 Å². The summed E-state index contributed by atoms with van der Waals surface area (Å²) >= 11 is 0. The van der Waals surface area contributed by atoms with Gasteiger partial charge in [0.1, 0.15) is 5.69 Å². The quantitative estimate of drug-likeness (QED) is 0.425. The second kappa shape index (κ2) is 8.14. The largest absolute Gasteiger partial charge is 0.433 e. The fraction of sp³-hybridized carbons (Fsp3) is 0.130. The van der Waals surface area contributed by atoms with Crippen LogP contribution in [0.2, 0.25) is 0 Å². The van der Waals surface area contributed by atoms with Crippen LogP contribution in [0.1, 0.15) is 34.2 Å². The number of halogens is 3. The second-order valence-electron chi connectivity index (χ2n) is 7.03. The molecule has 2 heterocycles.